The second-order valence-corrected chi connectivity index (χ2v) is 5.05. The van der Waals surface area contributed by atoms with Crippen molar-refractivity contribution < 1.29 is 17.4 Å². The lowest BCUT2D eigenvalue weighted by Gasteiger charge is -2.25. The van der Waals surface area contributed by atoms with E-state index in [1.54, 1.807) is 0 Å². The van der Waals surface area contributed by atoms with Gasteiger partial charge in [0.25, 0.3) is 10.1 Å². The van der Waals surface area contributed by atoms with Gasteiger partial charge in [-0.15, -0.1) is 0 Å². The lowest BCUT2D eigenvalue weighted by Crippen LogP contribution is -2.36. The van der Waals surface area contributed by atoms with E-state index in [0.29, 0.717) is 32.5 Å². The Morgan fingerprint density at radius 2 is 1.93 bits per heavy atom. The van der Waals surface area contributed by atoms with Crippen LogP contribution in [-0.2, 0) is 19.1 Å². The zero-order valence-electron chi connectivity index (χ0n) is 8.23. The van der Waals surface area contributed by atoms with Crippen LogP contribution in [0.25, 0.3) is 0 Å². The molecule has 1 heterocycles. The summed E-state index contributed by atoms with van der Waals surface area (Å²) in [5, 5.41) is 0. The lowest BCUT2D eigenvalue weighted by molar-refractivity contribution is -0.121. The smallest absolute Gasteiger partial charge is 0.264 e. The van der Waals surface area contributed by atoms with Gasteiger partial charge in [-0.1, -0.05) is 0 Å². The predicted octanol–water partition coefficient (Wildman–Crippen LogP) is -0.373. The molecule has 0 amide bonds. The van der Waals surface area contributed by atoms with E-state index < -0.39 is 10.1 Å². The maximum absolute atomic E-state index is 10.9. The van der Waals surface area contributed by atoms with Crippen LogP contribution in [0.3, 0.4) is 0 Å². The summed E-state index contributed by atoms with van der Waals surface area (Å²) in [5.74, 6) is 0.283. The molecule has 5 nitrogen and oxygen atoms in total. The number of Topliss-reactive ketones (excluding diaryl/α,β-unsaturated/α-hetero) is 1. The summed E-state index contributed by atoms with van der Waals surface area (Å²) in [7, 11) is -3.33. The first kappa shape index (κ1) is 11.6. The summed E-state index contributed by atoms with van der Waals surface area (Å²) in [5.41, 5.74) is 0. The normalized spacial score (nSPS) is 19.9. The molecule has 0 aromatic heterocycles. The second kappa shape index (κ2) is 4.86. The zero-order chi connectivity index (χ0) is 10.6. The number of carbonyl (C=O) groups excluding carboxylic acids is 1. The lowest BCUT2D eigenvalue weighted by atomic mass is 10.1. The Hall–Kier alpha value is -0.460. The summed E-state index contributed by atoms with van der Waals surface area (Å²) < 4.78 is 25.9. The van der Waals surface area contributed by atoms with Gasteiger partial charge in [-0.3, -0.25) is 8.98 Å². The van der Waals surface area contributed by atoms with Gasteiger partial charge in [0.15, 0.2) is 0 Å². The monoisotopic (exact) mass is 221 g/mol. The molecule has 6 heteroatoms. The van der Waals surface area contributed by atoms with Crippen LogP contribution in [0, 0.1) is 0 Å². The fourth-order valence-electron chi connectivity index (χ4n) is 1.34. The number of nitrogens with zero attached hydrogens (tertiary/aromatic N) is 1. The summed E-state index contributed by atoms with van der Waals surface area (Å²) in [6.45, 7) is 2.17. The first-order valence-electron chi connectivity index (χ1n) is 4.56. The van der Waals surface area contributed by atoms with Crippen LogP contribution in [0.1, 0.15) is 12.8 Å². The molecule has 0 saturated carbocycles. The Morgan fingerprint density at radius 3 is 2.43 bits per heavy atom. The number of likely N-dealkylation sites (tertiary alicyclic amines) is 1. The highest BCUT2D eigenvalue weighted by molar-refractivity contribution is 7.85. The van der Waals surface area contributed by atoms with Crippen molar-refractivity contribution in [2.24, 2.45) is 0 Å². The molecule has 1 fully saturated rings. The van der Waals surface area contributed by atoms with Gasteiger partial charge in [0, 0.05) is 32.5 Å². The largest absolute Gasteiger partial charge is 0.300 e. The molecule has 0 atom stereocenters. The first-order valence-corrected chi connectivity index (χ1v) is 6.37. The number of hydrogen-bond donors (Lipinski definition) is 0. The molecule has 0 aliphatic carbocycles. The van der Waals surface area contributed by atoms with E-state index in [2.05, 4.69) is 4.18 Å². The van der Waals surface area contributed by atoms with Crippen molar-refractivity contribution in [2.75, 3.05) is 32.5 Å². The van der Waals surface area contributed by atoms with Crippen LogP contribution in [0.2, 0.25) is 0 Å². The molecular formula is C8H15NO4S. The average Bonchev–Trinajstić information content (AvgIpc) is 2.06. The number of piperidine rings is 1. The number of ketones is 1. The fourth-order valence-corrected chi connectivity index (χ4v) is 1.72. The van der Waals surface area contributed by atoms with E-state index in [-0.39, 0.29) is 12.4 Å². The Bertz CT molecular complexity index is 288. The Morgan fingerprint density at radius 1 is 1.36 bits per heavy atom. The van der Waals surface area contributed by atoms with E-state index in [0.717, 1.165) is 6.26 Å². The minimum Gasteiger partial charge on any atom is -0.300 e. The Labute approximate surface area is 84.2 Å². The minimum absolute atomic E-state index is 0.174. The van der Waals surface area contributed by atoms with Crippen molar-refractivity contribution in [3.8, 4) is 0 Å². The summed E-state index contributed by atoms with van der Waals surface area (Å²) in [6, 6.07) is 0. The van der Waals surface area contributed by atoms with Gasteiger partial charge >= 0.3 is 0 Å². The Balaban J connectivity index is 2.17. The fraction of sp³-hybridized carbons (Fsp3) is 0.875. The predicted molar refractivity (Wildman–Crippen MR) is 51.5 cm³/mol. The van der Waals surface area contributed by atoms with Crippen molar-refractivity contribution in [1.29, 1.82) is 0 Å². The van der Waals surface area contributed by atoms with Gasteiger partial charge in [-0.2, -0.15) is 8.42 Å². The maximum Gasteiger partial charge on any atom is 0.264 e. The second-order valence-electron chi connectivity index (χ2n) is 3.41. The molecule has 0 unspecified atom stereocenters. The van der Waals surface area contributed by atoms with Crippen molar-refractivity contribution >= 4 is 15.9 Å². The third-order valence-electron chi connectivity index (χ3n) is 2.12. The van der Waals surface area contributed by atoms with Crippen molar-refractivity contribution in [2.45, 2.75) is 12.8 Å². The molecule has 0 N–H and O–H groups in total. The van der Waals surface area contributed by atoms with E-state index in [1.165, 1.54) is 0 Å². The molecular weight excluding hydrogens is 206 g/mol. The summed E-state index contributed by atoms with van der Waals surface area (Å²) in [4.78, 5) is 12.9. The van der Waals surface area contributed by atoms with Crippen LogP contribution >= 0.6 is 0 Å². The zero-order valence-corrected chi connectivity index (χ0v) is 9.05. The molecule has 0 aromatic rings. The molecule has 0 bridgehead atoms. The minimum atomic E-state index is -3.33. The van der Waals surface area contributed by atoms with Crippen LogP contribution in [0.5, 0.6) is 0 Å². The molecule has 14 heavy (non-hydrogen) atoms. The highest BCUT2D eigenvalue weighted by Crippen LogP contribution is 2.04. The molecule has 1 aliphatic rings. The van der Waals surface area contributed by atoms with E-state index in [4.69, 9.17) is 0 Å². The van der Waals surface area contributed by atoms with Crippen molar-refractivity contribution in [1.82, 2.24) is 4.90 Å². The topological polar surface area (TPSA) is 63.7 Å². The van der Waals surface area contributed by atoms with Crippen LogP contribution < -0.4 is 0 Å². The van der Waals surface area contributed by atoms with Crippen LogP contribution in [0.15, 0.2) is 0 Å². The van der Waals surface area contributed by atoms with E-state index in [1.807, 2.05) is 4.90 Å². The van der Waals surface area contributed by atoms with E-state index in [9.17, 15) is 13.2 Å². The van der Waals surface area contributed by atoms with Gasteiger partial charge in [0.2, 0.25) is 0 Å². The Kier molecular flexibility index (Phi) is 4.03. The molecule has 1 aliphatic heterocycles. The number of hydrogen-bond acceptors (Lipinski definition) is 5. The first-order chi connectivity index (χ1) is 6.47. The highest BCUT2D eigenvalue weighted by atomic mass is 32.2. The summed E-state index contributed by atoms with van der Waals surface area (Å²) in [6.07, 6.45) is 2.17. The molecule has 0 aromatic carbocycles. The van der Waals surface area contributed by atoms with Gasteiger partial charge < -0.3 is 4.90 Å². The molecule has 1 rings (SSSR count). The third kappa shape index (κ3) is 4.69. The van der Waals surface area contributed by atoms with Crippen molar-refractivity contribution in [3.05, 3.63) is 0 Å². The summed E-state index contributed by atoms with van der Waals surface area (Å²) >= 11 is 0. The van der Waals surface area contributed by atoms with Crippen LogP contribution in [-0.4, -0.2) is 51.6 Å². The van der Waals surface area contributed by atoms with Gasteiger partial charge in [0.05, 0.1) is 12.9 Å². The standard InChI is InChI=1S/C8H15NO4S/c1-14(11,12)13-7-6-9-4-2-8(10)3-5-9/h2-7H2,1H3. The number of carbonyl (C=O) groups is 1. The van der Waals surface area contributed by atoms with Gasteiger partial charge in [-0.05, 0) is 0 Å². The van der Waals surface area contributed by atoms with Gasteiger partial charge in [-0.25, -0.2) is 0 Å². The van der Waals surface area contributed by atoms with Gasteiger partial charge in [0.1, 0.15) is 5.78 Å². The SMILES string of the molecule is CS(=O)(=O)OCCN1CCC(=O)CC1. The van der Waals surface area contributed by atoms with E-state index >= 15 is 0 Å². The quantitative estimate of drug-likeness (QED) is 0.606. The maximum atomic E-state index is 10.9. The third-order valence-corrected chi connectivity index (χ3v) is 2.71. The molecule has 1 saturated heterocycles. The van der Waals surface area contributed by atoms with Crippen LogP contribution in [0.4, 0.5) is 0 Å². The average molecular weight is 221 g/mol. The molecule has 0 radical (unpaired) electrons. The number of rotatable bonds is 4. The van der Waals surface area contributed by atoms with Crippen molar-refractivity contribution in [3.63, 3.8) is 0 Å². The molecule has 82 valence electrons. The molecule has 0 spiro atoms. The highest BCUT2D eigenvalue weighted by Gasteiger charge is 2.15.